The second kappa shape index (κ2) is 5.02. The summed E-state index contributed by atoms with van der Waals surface area (Å²) in [5, 5.41) is 0. The zero-order valence-electron chi connectivity index (χ0n) is 4.00. The van der Waals surface area contributed by atoms with Gasteiger partial charge in [0.15, 0.2) is 6.29 Å². The molecule has 1 nitrogen and oxygen atoms in total. The molecule has 0 aliphatic heterocycles. The molecule has 0 aromatic rings. The van der Waals surface area contributed by atoms with Crippen molar-refractivity contribution >= 4 is 6.29 Å². The molecule has 0 aromatic heterocycles. The highest BCUT2D eigenvalue weighted by Gasteiger charge is 1.71. The minimum absolute atomic E-state index is 0.722. The van der Waals surface area contributed by atoms with Gasteiger partial charge >= 0.3 is 0 Å². The van der Waals surface area contributed by atoms with Crippen molar-refractivity contribution in [3.8, 4) is 0 Å². The van der Waals surface area contributed by atoms with Gasteiger partial charge in [-0.05, 0) is 6.58 Å². The number of carbonyl (C=O) groups excluding carboxylic acids is 1. The summed E-state index contributed by atoms with van der Waals surface area (Å²) in [6.07, 6.45) is 7.05. The standard InChI is InChI=1S/C6H7O/c1-2-3-4-5-6-7/h2-6H,1H2/q+1/b5-4+. The summed E-state index contributed by atoms with van der Waals surface area (Å²) in [5.74, 6) is 0. The van der Waals surface area contributed by atoms with E-state index < -0.39 is 0 Å². The van der Waals surface area contributed by atoms with E-state index in [2.05, 4.69) is 6.58 Å². The molecule has 0 heterocycles. The van der Waals surface area contributed by atoms with Crippen LogP contribution < -0.4 is 0 Å². The topological polar surface area (TPSA) is 17.1 Å². The summed E-state index contributed by atoms with van der Waals surface area (Å²) < 4.78 is 0. The lowest BCUT2D eigenvalue weighted by molar-refractivity contribution is -0.104. The molecular weight excluding hydrogens is 88.1 g/mol. The van der Waals surface area contributed by atoms with Crippen molar-refractivity contribution < 1.29 is 4.79 Å². The Morgan fingerprint density at radius 2 is 2.29 bits per heavy atom. The summed E-state index contributed by atoms with van der Waals surface area (Å²) in [5.41, 5.74) is 0. The fraction of sp³-hybridized carbons (Fsp3) is 0. The molecule has 7 heavy (non-hydrogen) atoms. The van der Waals surface area contributed by atoms with Gasteiger partial charge in [0.25, 0.3) is 0 Å². The monoisotopic (exact) mass is 95.0 g/mol. The molecule has 0 radical (unpaired) electrons. The summed E-state index contributed by atoms with van der Waals surface area (Å²) in [6, 6.07) is 0. The second-order valence-corrected chi connectivity index (χ2v) is 0.949. The molecule has 0 N–H and O–H groups in total. The molecule has 1 heteroatoms. The maximum atomic E-state index is 9.54. The normalized spacial score (nSPS) is 8.57. The number of allylic oxidation sites excluding steroid dienone is 3. The number of hydrogen-bond acceptors (Lipinski definition) is 1. The third-order valence-corrected chi connectivity index (χ3v) is 0.437. The van der Waals surface area contributed by atoms with E-state index in [-0.39, 0.29) is 0 Å². The maximum absolute atomic E-state index is 9.54. The van der Waals surface area contributed by atoms with E-state index in [1.807, 2.05) is 0 Å². The molecule has 0 aliphatic carbocycles. The van der Waals surface area contributed by atoms with Crippen molar-refractivity contribution in [3.63, 3.8) is 0 Å². The lowest BCUT2D eigenvalue weighted by Crippen LogP contribution is -1.58. The van der Waals surface area contributed by atoms with E-state index in [0.29, 0.717) is 0 Å². The predicted molar refractivity (Wildman–Crippen MR) is 29.7 cm³/mol. The Morgan fingerprint density at radius 3 is 2.71 bits per heavy atom. The van der Waals surface area contributed by atoms with Gasteiger partial charge in [-0.1, -0.05) is 0 Å². The molecule has 0 spiro atoms. The third kappa shape index (κ3) is 5.02. The average Bonchev–Trinajstić information content (AvgIpc) is 1.69. The number of carbonyl (C=O) groups is 1. The van der Waals surface area contributed by atoms with E-state index in [4.69, 9.17) is 0 Å². The van der Waals surface area contributed by atoms with Gasteiger partial charge in [0.2, 0.25) is 0 Å². The van der Waals surface area contributed by atoms with Gasteiger partial charge in [-0.3, -0.25) is 4.79 Å². The van der Waals surface area contributed by atoms with Crippen LogP contribution in [0, 0.1) is 6.42 Å². The average molecular weight is 95.1 g/mol. The van der Waals surface area contributed by atoms with E-state index in [0.717, 1.165) is 6.29 Å². The van der Waals surface area contributed by atoms with Gasteiger partial charge in [-0.2, -0.15) is 0 Å². The molecule has 0 rings (SSSR count). The first-order valence-corrected chi connectivity index (χ1v) is 1.98. The van der Waals surface area contributed by atoms with E-state index in [1.54, 1.807) is 18.6 Å². The van der Waals surface area contributed by atoms with Crippen molar-refractivity contribution in [2.45, 2.75) is 0 Å². The Hall–Kier alpha value is -0.980. The largest absolute Gasteiger partial charge is 0.283 e. The van der Waals surface area contributed by atoms with Crippen LogP contribution in [-0.2, 0) is 4.79 Å². The van der Waals surface area contributed by atoms with Crippen LogP contribution in [-0.4, -0.2) is 6.29 Å². The second-order valence-electron chi connectivity index (χ2n) is 0.949. The van der Waals surface area contributed by atoms with Gasteiger partial charge in [-0.15, -0.1) is 0 Å². The lowest BCUT2D eigenvalue weighted by Gasteiger charge is -1.60. The quantitative estimate of drug-likeness (QED) is 0.292. The number of rotatable bonds is 3. The molecule has 0 amide bonds. The van der Waals surface area contributed by atoms with Crippen LogP contribution in [0.5, 0.6) is 0 Å². The van der Waals surface area contributed by atoms with Crippen molar-refractivity contribution in [2.75, 3.05) is 0 Å². The van der Waals surface area contributed by atoms with E-state index >= 15 is 0 Å². The molecule has 0 bridgehead atoms. The molecule has 36 valence electrons. The van der Waals surface area contributed by atoms with Gasteiger partial charge in [0, 0.05) is 18.6 Å². The minimum atomic E-state index is 0.722. The first-order chi connectivity index (χ1) is 3.41. The van der Waals surface area contributed by atoms with Crippen LogP contribution in [0.2, 0.25) is 0 Å². The Balaban J connectivity index is 3.08. The van der Waals surface area contributed by atoms with Crippen LogP contribution in [0.4, 0.5) is 0 Å². The Kier molecular flexibility index (Phi) is 4.32. The van der Waals surface area contributed by atoms with Crippen LogP contribution in [0.1, 0.15) is 0 Å². The number of aldehydes is 1. The molecule has 0 aromatic carbocycles. The fourth-order valence-corrected chi connectivity index (χ4v) is 0.188. The Morgan fingerprint density at radius 1 is 1.57 bits per heavy atom. The lowest BCUT2D eigenvalue weighted by atomic mass is 10.4. The molecule has 0 saturated carbocycles. The molecular formula is C6H7O+. The smallest absolute Gasteiger partial charge is 0.196 e. The van der Waals surface area contributed by atoms with Gasteiger partial charge in [0.1, 0.15) is 0 Å². The van der Waals surface area contributed by atoms with Crippen LogP contribution in [0.3, 0.4) is 0 Å². The predicted octanol–water partition coefficient (Wildman–Crippen LogP) is 1.13. The Labute approximate surface area is 43.3 Å². The first-order valence-electron chi connectivity index (χ1n) is 1.98. The van der Waals surface area contributed by atoms with Gasteiger partial charge in [0.05, 0.1) is 6.08 Å². The zero-order chi connectivity index (χ0) is 5.54. The third-order valence-electron chi connectivity index (χ3n) is 0.437. The summed E-state index contributed by atoms with van der Waals surface area (Å²) in [4.78, 5) is 9.54. The minimum Gasteiger partial charge on any atom is -0.283 e. The van der Waals surface area contributed by atoms with Crippen molar-refractivity contribution in [1.29, 1.82) is 0 Å². The van der Waals surface area contributed by atoms with Crippen LogP contribution in [0.15, 0.2) is 24.8 Å². The van der Waals surface area contributed by atoms with Crippen LogP contribution >= 0.6 is 0 Å². The zero-order valence-corrected chi connectivity index (χ0v) is 4.00. The SMILES string of the molecule is C=C[CH+]/C=C/C=O. The highest BCUT2D eigenvalue weighted by atomic mass is 16.1. The van der Waals surface area contributed by atoms with Crippen molar-refractivity contribution in [3.05, 3.63) is 31.2 Å². The van der Waals surface area contributed by atoms with E-state index in [9.17, 15) is 4.79 Å². The first kappa shape index (κ1) is 6.02. The fourth-order valence-electron chi connectivity index (χ4n) is 0.188. The highest BCUT2D eigenvalue weighted by Crippen LogP contribution is 1.76. The summed E-state index contributed by atoms with van der Waals surface area (Å²) in [6.45, 7) is 3.41. The summed E-state index contributed by atoms with van der Waals surface area (Å²) >= 11 is 0. The molecule has 0 unspecified atom stereocenters. The summed E-state index contributed by atoms with van der Waals surface area (Å²) in [7, 11) is 0. The van der Waals surface area contributed by atoms with Crippen LogP contribution in [0.25, 0.3) is 0 Å². The maximum Gasteiger partial charge on any atom is 0.196 e. The highest BCUT2D eigenvalue weighted by molar-refractivity contribution is 5.65. The molecule has 0 saturated heterocycles. The Bertz CT molecular complexity index is 82.2. The van der Waals surface area contributed by atoms with Crippen molar-refractivity contribution in [1.82, 2.24) is 0 Å². The van der Waals surface area contributed by atoms with Crippen molar-refractivity contribution in [2.24, 2.45) is 0 Å². The molecule has 0 aliphatic rings. The van der Waals surface area contributed by atoms with Gasteiger partial charge < -0.3 is 0 Å². The van der Waals surface area contributed by atoms with E-state index in [1.165, 1.54) is 6.08 Å². The number of hydrogen-bond donors (Lipinski definition) is 0. The molecule has 0 atom stereocenters. The molecule has 0 fully saturated rings. The van der Waals surface area contributed by atoms with Gasteiger partial charge in [-0.25, -0.2) is 0 Å².